The molecule has 0 bridgehead atoms. The van der Waals surface area contributed by atoms with Crippen LogP contribution in [0.15, 0.2) is 35.7 Å². The van der Waals surface area contributed by atoms with E-state index in [9.17, 15) is 4.79 Å². The number of hydrogen-bond donors (Lipinski definition) is 0. The summed E-state index contributed by atoms with van der Waals surface area (Å²) in [5, 5.41) is 24.2. The summed E-state index contributed by atoms with van der Waals surface area (Å²) in [5.74, 6) is 1.51. The van der Waals surface area contributed by atoms with Gasteiger partial charge in [0, 0.05) is 51.4 Å². The van der Waals surface area contributed by atoms with Gasteiger partial charge in [0.2, 0.25) is 16.9 Å². The minimum Gasteiger partial charge on any atom is -0.473 e. The Kier molecular flexibility index (Phi) is 5.46. The van der Waals surface area contributed by atoms with Gasteiger partial charge < -0.3 is 9.64 Å². The molecule has 28 heavy (non-hydrogen) atoms. The minimum atomic E-state index is 0.0181. The van der Waals surface area contributed by atoms with Crippen LogP contribution in [0.2, 0.25) is 0 Å². The number of likely N-dealkylation sites (tertiary alicyclic amines) is 1. The highest BCUT2D eigenvalue weighted by Gasteiger charge is 2.24. The van der Waals surface area contributed by atoms with Crippen molar-refractivity contribution in [2.45, 2.75) is 24.1 Å². The molecular formula is C16H19N9O2S. The number of piperidine rings is 1. The molecule has 3 aromatic rings. The summed E-state index contributed by atoms with van der Waals surface area (Å²) in [5.41, 5.74) is 0. The smallest absolute Gasteiger partial charge is 0.233 e. The van der Waals surface area contributed by atoms with E-state index in [0.717, 1.165) is 12.8 Å². The van der Waals surface area contributed by atoms with Gasteiger partial charge in [-0.05, 0) is 22.6 Å². The van der Waals surface area contributed by atoms with E-state index in [1.165, 1.54) is 11.8 Å². The molecule has 0 aliphatic carbocycles. The predicted octanol–water partition coefficient (Wildman–Crippen LogP) is 0.348. The molecular weight excluding hydrogens is 382 g/mol. The molecule has 0 atom stereocenters. The molecule has 0 radical (unpaired) electrons. The monoisotopic (exact) mass is 401 g/mol. The van der Waals surface area contributed by atoms with Crippen LogP contribution in [0.4, 0.5) is 0 Å². The first-order chi connectivity index (χ1) is 13.7. The molecule has 4 rings (SSSR count). The summed E-state index contributed by atoms with van der Waals surface area (Å²) >= 11 is 1.34. The number of aromatic nitrogens is 8. The van der Waals surface area contributed by atoms with Crippen LogP contribution in [-0.4, -0.2) is 75.9 Å². The fraction of sp³-hybridized carbons (Fsp3) is 0.438. The van der Waals surface area contributed by atoms with Crippen LogP contribution in [0, 0.1) is 0 Å². The molecule has 0 N–H and O–H groups in total. The first-order valence-corrected chi connectivity index (χ1v) is 9.81. The Balaban J connectivity index is 1.24. The second-order valence-corrected chi connectivity index (χ2v) is 7.19. The number of nitrogens with zero attached hydrogens (tertiary/aromatic N) is 9. The summed E-state index contributed by atoms with van der Waals surface area (Å²) in [6, 6.07) is 5.42. The number of carbonyl (C=O) groups excluding carboxylic acids is 1. The van der Waals surface area contributed by atoms with E-state index >= 15 is 0 Å². The van der Waals surface area contributed by atoms with Crippen molar-refractivity contribution >= 4 is 17.7 Å². The average molecular weight is 401 g/mol. The van der Waals surface area contributed by atoms with E-state index in [0.29, 0.717) is 35.7 Å². The van der Waals surface area contributed by atoms with Crippen molar-refractivity contribution in [2.24, 2.45) is 7.05 Å². The van der Waals surface area contributed by atoms with Gasteiger partial charge in [0.1, 0.15) is 6.10 Å². The van der Waals surface area contributed by atoms with Gasteiger partial charge in [-0.15, -0.1) is 15.3 Å². The second kappa shape index (κ2) is 8.33. The van der Waals surface area contributed by atoms with Crippen molar-refractivity contribution in [3.8, 4) is 11.7 Å². The molecule has 0 saturated carbocycles. The topological polar surface area (TPSA) is 117 Å². The van der Waals surface area contributed by atoms with Gasteiger partial charge in [-0.2, -0.15) is 5.10 Å². The lowest BCUT2D eigenvalue weighted by Gasteiger charge is -2.31. The van der Waals surface area contributed by atoms with Gasteiger partial charge in [0.05, 0.1) is 5.75 Å². The minimum absolute atomic E-state index is 0.0181. The fourth-order valence-corrected chi connectivity index (χ4v) is 3.61. The quantitative estimate of drug-likeness (QED) is 0.539. The van der Waals surface area contributed by atoms with E-state index in [4.69, 9.17) is 4.74 Å². The third-order valence-corrected chi connectivity index (χ3v) is 5.35. The Hall–Kier alpha value is -3.02. The molecule has 1 aliphatic rings. The highest BCUT2D eigenvalue weighted by atomic mass is 32.2. The molecule has 1 amide bonds. The maximum absolute atomic E-state index is 12.4. The van der Waals surface area contributed by atoms with Crippen LogP contribution >= 0.6 is 11.8 Å². The Morgan fingerprint density at radius 1 is 1.25 bits per heavy atom. The lowest BCUT2D eigenvalue weighted by Crippen LogP contribution is -2.42. The van der Waals surface area contributed by atoms with E-state index in [1.807, 2.05) is 17.0 Å². The Morgan fingerprint density at radius 3 is 2.75 bits per heavy atom. The third kappa shape index (κ3) is 4.27. The van der Waals surface area contributed by atoms with Crippen LogP contribution in [0.25, 0.3) is 5.82 Å². The van der Waals surface area contributed by atoms with Crippen LogP contribution < -0.4 is 4.74 Å². The molecule has 0 unspecified atom stereocenters. The molecule has 1 fully saturated rings. The van der Waals surface area contributed by atoms with Gasteiger partial charge in [0.25, 0.3) is 0 Å². The van der Waals surface area contributed by atoms with Gasteiger partial charge in [-0.1, -0.05) is 11.8 Å². The first-order valence-electron chi connectivity index (χ1n) is 8.82. The maximum atomic E-state index is 12.4. The number of amides is 1. The van der Waals surface area contributed by atoms with Crippen LogP contribution in [0.3, 0.4) is 0 Å². The van der Waals surface area contributed by atoms with Gasteiger partial charge in [0.15, 0.2) is 5.82 Å². The number of aryl methyl sites for hydroxylation is 1. The highest BCUT2D eigenvalue weighted by molar-refractivity contribution is 7.99. The van der Waals surface area contributed by atoms with Crippen molar-refractivity contribution in [2.75, 3.05) is 18.8 Å². The van der Waals surface area contributed by atoms with E-state index in [2.05, 4.69) is 30.8 Å². The molecule has 3 aromatic heterocycles. The zero-order chi connectivity index (χ0) is 19.3. The number of hydrogen-bond acceptors (Lipinski definition) is 9. The fourth-order valence-electron chi connectivity index (χ4n) is 2.86. The van der Waals surface area contributed by atoms with Crippen molar-refractivity contribution in [3.63, 3.8) is 0 Å². The number of ether oxygens (including phenoxy) is 1. The standard InChI is InChI=1S/C16H19N9O2S/c1-23-16(20-21-22-23)28-11-15(26)24-9-5-12(6-10-24)27-14-4-3-13(18-19-14)25-8-2-7-17-25/h2-4,7-8,12H,5-6,9-11H2,1H3. The van der Waals surface area contributed by atoms with Crippen molar-refractivity contribution in [1.29, 1.82) is 0 Å². The average Bonchev–Trinajstić information content (AvgIpc) is 3.39. The molecule has 1 saturated heterocycles. The van der Waals surface area contributed by atoms with E-state index in [1.54, 1.807) is 34.9 Å². The van der Waals surface area contributed by atoms with E-state index in [-0.39, 0.29) is 12.0 Å². The van der Waals surface area contributed by atoms with Crippen molar-refractivity contribution < 1.29 is 9.53 Å². The number of carbonyl (C=O) groups is 1. The van der Waals surface area contributed by atoms with Crippen LogP contribution in [0.5, 0.6) is 5.88 Å². The van der Waals surface area contributed by atoms with Gasteiger partial charge in [-0.25, -0.2) is 9.36 Å². The normalized spacial score (nSPS) is 15.0. The SMILES string of the molecule is Cn1nnnc1SCC(=O)N1CCC(Oc2ccc(-n3cccn3)nn2)CC1. The predicted molar refractivity (Wildman–Crippen MR) is 98.9 cm³/mol. The highest BCUT2D eigenvalue weighted by Crippen LogP contribution is 2.19. The number of thioether (sulfide) groups is 1. The molecule has 0 spiro atoms. The third-order valence-electron chi connectivity index (χ3n) is 4.35. The largest absolute Gasteiger partial charge is 0.473 e. The zero-order valence-corrected chi connectivity index (χ0v) is 16.1. The van der Waals surface area contributed by atoms with Crippen molar-refractivity contribution in [1.82, 2.24) is 45.1 Å². The van der Waals surface area contributed by atoms with Crippen LogP contribution in [0.1, 0.15) is 12.8 Å². The molecule has 4 heterocycles. The zero-order valence-electron chi connectivity index (χ0n) is 15.2. The Bertz CT molecular complexity index is 905. The summed E-state index contributed by atoms with van der Waals surface area (Å²) in [4.78, 5) is 14.2. The summed E-state index contributed by atoms with van der Waals surface area (Å²) in [6.45, 7) is 1.31. The van der Waals surface area contributed by atoms with Gasteiger partial charge in [-0.3, -0.25) is 4.79 Å². The molecule has 146 valence electrons. The Morgan fingerprint density at radius 2 is 2.11 bits per heavy atom. The Labute approximate surface area is 165 Å². The second-order valence-electron chi connectivity index (χ2n) is 6.25. The molecule has 1 aliphatic heterocycles. The van der Waals surface area contributed by atoms with Crippen LogP contribution in [-0.2, 0) is 11.8 Å². The molecule has 0 aromatic carbocycles. The number of rotatable bonds is 6. The lowest BCUT2D eigenvalue weighted by atomic mass is 10.1. The molecule has 11 nitrogen and oxygen atoms in total. The lowest BCUT2D eigenvalue weighted by molar-refractivity contribution is -0.130. The summed E-state index contributed by atoms with van der Waals surface area (Å²) in [7, 11) is 1.75. The first kappa shape index (κ1) is 18.3. The summed E-state index contributed by atoms with van der Waals surface area (Å²) < 4.78 is 9.10. The van der Waals surface area contributed by atoms with Gasteiger partial charge >= 0.3 is 0 Å². The van der Waals surface area contributed by atoms with Crippen molar-refractivity contribution in [3.05, 3.63) is 30.6 Å². The summed E-state index contributed by atoms with van der Waals surface area (Å²) in [6.07, 6.45) is 5.01. The molecule has 12 heteroatoms. The van der Waals surface area contributed by atoms with E-state index < -0.39 is 0 Å². The maximum Gasteiger partial charge on any atom is 0.233 e. The number of tetrazole rings is 1.